The summed E-state index contributed by atoms with van der Waals surface area (Å²) in [5.74, 6) is 0.882. The average molecular weight is 219 g/mol. The molecule has 0 aliphatic heterocycles. The Morgan fingerprint density at radius 2 is 1.81 bits per heavy atom. The van der Waals surface area contributed by atoms with Crippen molar-refractivity contribution in [2.45, 2.75) is 34.2 Å². The monoisotopic (exact) mass is 219 g/mol. The summed E-state index contributed by atoms with van der Waals surface area (Å²) in [6.45, 7) is 8.79. The van der Waals surface area contributed by atoms with Crippen molar-refractivity contribution in [1.82, 2.24) is 9.83 Å². The van der Waals surface area contributed by atoms with Crippen LogP contribution in [0.4, 0.5) is 0 Å². The average Bonchev–Trinajstić information content (AvgIpc) is 2.72. The Balaban J connectivity index is 2.14. The van der Waals surface area contributed by atoms with Crippen molar-refractivity contribution in [3.8, 4) is 0 Å². The minimum Gasteiger partial charge on any atom is -0.361 e. The van der Waals surface area contributed by atoms with Crippen molar-refractivity contribution in [3.05, 3.63) is 40.5 Å². The summed E-state index contributed by atoms with van der Waals surface area (Å²) in [6.07, 6.45) is 0. The zero-order valence-electron chi connectivity index (χ0n) is 10.2. The highest BCUT2D eigenvalue weighted by Crippen LogP contribution is 2.13. The summed E-state index contributed by atoms with van der Waals surface area (Å²) in [6, 6.07) is 4.19. The highest BCUT2D eigenvalue weighted by Gasteiger charge is 2.09. The molecule has 0 bridgehead atoms. The normalized spacial score (nSPS) is 10.8. The van der Waals surface area contributed by atoms with E-state index in [2.05, 4.69) is 41.2 Å². The number of rotatable bonds is 3. The molecule has 0 saturated carbocycles. The summed E-state index contributed by atoms with van der Waals surface area (Å²) in [7, 11) is 0. The summed E-state index contributed by atoms with van der Waals surface area (Å²) in [4.78, 5) is 0. The van der Waals surface area contributed by atoms with E-state index in [1.807, 2.05) is 13.8 Å². The van der Waals surface area contributed by atoms with Gasteiger partial charge in [-0.15, -0.1) is 0 Å². The van der Waals surface area contributed by atoms with Crippen LogP contribution in [0.1, 0.15) is 28.4 Å². The van der Waals surface area contributed by atoms with E-state index in [9.17, 15) is 0 Å². The molecule has 2 aromatic rings. The van der Waals surface area contributed by atoms with E-state index in [0.29, 0.717) is 0 Å². The molecule has 0 spiro atoms. The van der Waals surface area contributed by atoms with Crippen molar-refractivity contribution >= 4 is 0 Å². The van der Waals surface area contributed by atoms with Crippen LogP contribution in [-0.4, -0.2) is 9.83 Å². The highest BCUT2D eigenvalue weighted by atomic mass is 16.5. The molecule has 0 unspecified atom stereocenters. The molecule has 0 radical (unpaired) electrons. The van der Waals surface area contributed by atoms with Crippen LogP contribution in [-0.2, 0) is 6.54 Å². The fourth-order valence-corrected chi connectivity index (χ4v) is 1.83. The van der Waals surface area contributed by atoms with E-state index in [1.165, 1.54) is 11.4 Å². The number of aryl methyl sites for hydroxylation is 4. The zero-order chi connectivity index (χ0) is 11.7. The van der Waals surface area contributed by atoms with E-state index < -0.39 is 0 Å². The van der Waals surface area contributed by atoms with Crippen LogP contribution in [0, 0.1) is 27.7 Å². The first-order valence-corrected chi connectivity index (χ1v) is 5.40. The number of hydrogen-bond acceptors (Lipinski definition) is 3. The Kier molecular flexibility index (Phi) is 2.73. The highest BCUT2D eigenvalue weighted by molar-refractivity contribution is 5.23. The van der Waals surface area contributed by atoms with Crippen LogP contribution in [0.5, 0.6) is 0 Å². The number of hydrogen-bond donors (Lipinski definition) is 1. The summed E-state index contributed by atoms with van der Waals surface area (Å²) < 4.78 is 7.20. The fraction of sp³-hybridized carbons (Fsp3) is 0.417. The van der Waals surface area contributed by atoms with Crippen LogP contribution in [0.25, 0.3) is 0 Å². The number of aromatic nitrogens is 2. The Morgan fingerprint density at radius 3 is 2.31 bits per heavy atom. The van der Waals surface area contributed by atoms with Crippen molar-refractivity contribution < 1.29 is 4.52 Å². The quantitative estimate of drug-likeness (QED) is 0.862. The molecular formula is C12H17N3O. The lowest BCUT2D eigenvalue weighted by Crippen LogP contribution is -2.17. The maximum absolute atomic E-state index is 5.13. The molecule has 0 amide bonds. The predicted octanol–water partition coefficient (Wildman–Crippen LogP) is 2.45. The van der Waals surface area contributed by atoms with Crippen molar-refractivity contribution in [2.75, 3.05) is 5.43 Å². The van der Waals surface area contributed by atoms with Gasteiger partial charge < -0.3 is 9.95 Å². The lowest BCUT2D eigenvalue weighted by Gasteiger charge is -2.12. The molecule has 86 valence electrons. The predicted molar refractivity (Wildman–Crippen MR) is 62.9 cm³/mol. The van der Waals surface area contributed by atoms with Crippen LogP contribution in [0.3, 0.4) is 0 Å². The molecule has 0 aromatic carbocycles. The molecular weight excluding hydrogens is 202 g/mol. The maximum Gasteiger partial charge on any atom is 0.138 e. The van der Waals surface area contributed by atoms with Gasteiger partial charge >= 0.3 is 0 Å². The second-order valence-corrected chi connectivity index (χ2v) is 4.09. The number of nitrogens with zero attached hydrogens (tertiary/aromatic N) is 2. The largest absolute Gasteiger partial charge is 0.361 e. The SMILES string of the molecule is Cc1noc(C)c1CNn1c(C)ccc1C. The third-order valence-electron chi connectivity index (χ3n) is 2.87. The lowest BCUT2D eigenvalue weighted by atomic mass is 10.2. The first kappa shape index (κ1) is 10.8. The Morgan fingerprint density at radius 1 is 1.19 bits per heavy atom. The van der Waals surface area contributed by atoms with Crippen LogP contribution in [0.2, 0.25) is 0 Å². The first-order valence-electron chi connectivity index (χ1n) is 5.40. The summed E-state index contributed by atoms with van der Waals surface area (Å²) in [5, 5.41) is 3.94. The third-order valence-corrected chi connectivity index (χ3v) is 2.87. The van der Waals surface area contributed by atoms with Gasteiger partial charge in [0.15, 0.2) is 0 Å². The van der Waals surface area contributed by atoms with E-state index >= 15 is 0 Å². The van der Waals surface area contributed by atoms with Gasteiger partial charge in [0, 0.05) is 17.0 Å². The Bertz CT molecular complexity index is 411. The van der Waals surface area contributed by atoms with Crippen LogP contribution >= 0.6 is 0 Å². The Hall–Kier alpha value is -1.71. The van der Waals surface area contributed by atoms with Crippen molar-refractivity contribution in [1.29, 1.82) is 0 Å². The van der Waals surface area contributed by atoms with Gasteiger partial charge in [0.1, 0.15) is 5.76 Å². The van der Waals surface area contributed by atoms with E-state index in [1.54, 1.807) is 0 Å². The van der Waals surface area contributed by atoms with Gasteiger partial charge in [-0.25, -0.2) is 0 Å². The standard InChI is InChI=1S/C12H17N3O/c1-8-5-6-9(2)15(8)13-7-12-10(3)14-16-11(12)4/h5-6,13H,7H2,1-4H3. The molecule has 16 heavy (non-hydrogen) atoms. The molecule has 1 N–H and O–H groups in total. The van der Waals surface area contributed by atoms with Gasteiger partial charge in [0.25, 0.3) is 0 Å². The lowest BCUT2D eigenvalue weighted by molar-refractivity contribution is 0.392. The summed E-state index contributed by atoms with van der Waals surface area (Å²) >= 11 is 0. The van der Waals surface area contributed by atoms with E-state index in [0.717, 1.165) is 23.6 Å². The molecule has 2 heterocycles. The fourth-order valence-electron chi connectivity index (χ4n) is 1.83. The van der Waals surface area contributed by atoms with Crippen LogP contribution < -0.4 is 5.43 Å². The van der Waals surface area contributed by atoms with Gasteiger partial charge in [-0.2, -0.15) is 0 Å². The van der Waals surface area contributed by atoms with Crippen LogP contribution in [0.15, 0.2) is 16.7 Å². The molecule has 0 saturated heterocycles. The topological polar surface area (TPSA) is 43.0 Å². The van der Waals surface area contributed by atoms with Gasteiger partial charge in [-0.1, -0.05) is 5.16 Å². The second kappa shape index (κ2) is 4.04. The van der Waals surface area contributed by atoms with Gasteiger partial charge in [0.05, 0.1) is 12.2 Å². The molecule has 2 rings (SSSR count). The summed E-state index contributed by atoms with van der Waals surface area (Å²) in [5.41, 5.74) is 7.84. The Labute approximate surface area is 95.2 Å². The minimum atomic E-state index is 0.734. The molecule has 4 nitrogen and oxygen atoms in total. The zero-order valence-corrected chi connectivity index (χ0v) is 10.2. The van der Waals surface area contributed by atoms with Crippen molar-refractivity contribution in [3.63, 3.8) is 0 Å². The molecule has 0 aliphatic rings. The molecule has 0 aliphatic carbocycles. The molecule has 2 aromatic heterocycles. The third kappa shape index (κ3) is 1.83. The van der Waals surface area contributed by atoms with Gasteiger partial charge in [0.2, 0.25) is 0 Å². The number of nitrogens with one attached hydrogen (secondary N) is 1. The molecule has 4 heteroatoms. The second-order valence-electron chi connectivity index (χ2n) is 4.09. The minimum absolute atomic E-state index is 0.734. The van der Waals surface area contributed by atoms with E-state index in [4.69, 9.17) is 4.52 Å². The molecule has 0 fully saturated rings. The van der Waals surface area contributed by atoms with Gasteiger partial charge in [-0.3, -0.25) is 4.68 Å². The smallest absolute Gasteiger partial charge is 0.138 e. The maximum atomic E-state index is 5.13. The van der Waals surface area contributed by atoms with Crippen molar-refractivity contribution in [2.24, 2.45) is 0 Å². The van der Waals surface area contributed by atoms with Gasteiger partial charge in [-0.05, 0) is 39.8 Å². The first-order chi connectivity index (χ1) is 7.59. The molecule has 0 atom stereocenters. The van der Waals surface area contributed by atoms with E-state index in [-0.39, 0.29) is 0 Å².